The molecule has 0 aromatic heterocycles. The summed E-state index contributed by atoms with van der Waals surface area (Å²) in [4.78, 5) is 28.4. The van der Waals surface area contributed by atoms with Crippen molar-refractivity contribution in [2.45, 2.75) is 25.3 Å². The molecular weight excluding hydrogens is 326 g/mol. The molecule has 1 aliphatic rings. The van der Waals surface area contributed by atoms with Crippen LogP contribution in [0.5, 0.6) is 0 Å². The van der Waals surface area contributed by atoms with Gasteiger partial charge >= 0.3 is 0 Å². The third kappa shape index (κ3) is 5.35. The molecule has 6 heteroatoms. The summed E-state index contributed by atoms with van der Waals surface area (Å²) in [7, 11) is 1.74. The van der Waals surface area contributed by atoms with Crippen LogP contribution in [0.4, 0.5) is 5.69 Å². The number of unbranched alkanes of at least 4 members (excludes halogenated alkanes) is 1. The number of nitrogens with zero attached hydrogens (tertiary/aromatic N) is 2. The van der Waals surface area contributed by atoms with E-state index in [0.717, 1.165) is 31.6 Å². The molecule has 1 N–H and O–H groups in total. The van der Waals surface area contributed by atoms with Gasteiger partial charge in [0.2, 0.25) is 11.8 Å². The van der Waals surface area contributed by atoms with Gasteiger partial charge in [-0.15, -0.1) is 19.0 Å². The molecule has 1 fully saturated rings. The Balaban J connectivity index is 0.00000288. The van der Waals surface area contributed by atoms with Gasteiger partial charge in [-0.3, -0.25) is 9.59 Å². The molecule has 2 amide bonds. The highest BCUT2D eigenvalue weighted by atomic mass is 35.5. The standard InChI is InChI=1S/C18H25N3O2.ClH/c1-3-4-8-12-21-13-11-19-16(18(21)23)14-17(22)20(2)15-9-6-5-7-10-15;/h3,5-7,9-10,16,19H,1,4,8,11-14H2,2H3;1H. The number of benzene rings is 1. The van der Waals surface area contributed by atoms with Crippen molar-refractivity contribution < 1.29 is 9.59 Å². The zero-order valence-corrected chi connectivity index (χ0v) is 14.9. The molecule has 0 bridgehead atoms. The predicted molar refractivity (Wildman–Crippen MR) is 99.5 cm³/mol. The van der Waals surface area contributed by atoms with Crippen LogP contribution in [0.25, 0.3) is 0 Å². The van der Waals surface area contributed by atoms with Crippen molar-refractivity contribution in [2.75, 3.05) is 31.6 Å². The van der Waals surface area contributed by atoms with Gasteiger partial charge in [-0.1, -0.05) is 24.3 Å². The first kappa shape index (κ1) is 20.2. The van der Waals surface area contributed by atoms with E-state index >= 15 is 0 Å². The minimum absolute atomic E-state index is 0. The van der Waals surface area contributed by atoms with Gasteiger partial charge in [-0.2, -0.15) is 0 Å². The molecule has 1 aliphatic heterocycles. The SMILES string of the molecule is C=CCCCN1CCNC(CC(=O)N(C)c2ccccc2)C1=O.Cl. The summed E-state index contributed by atoms with van der Waals surface area (Å²) in [5.41, 5.74) is 0.837. The van der Waals surface area contributed by atoms with Gasteiger partial charge in [0.25, 0.3) is 0 Å². The number of carbonyl (C=O) groups is 2. The van der Waals surface area contributed by atoms with E-state index in [9.17, 15) is 9.59 Å². The number of hydrogen-bond donors (Lipinski definition) is 1. The van der Waals surface area contributed by atoms with Crippen molar-refractivity contribution in [3.63, 3.8) is 0 Å². The molecule has 5 nitrogen and oxygen atoms in total. The van der Waals surface area contributed by atoms with Crippen LogP contribution >= 0.6 is 12.4 Å². The van der Waals surface area contributed by atoms with Crippen molar-refractivity contribution in [1.82, 2.24) is 10.2 Å². The average molecular weight is 352 g/mol. The summed E-state index contributed by atoms with van der Waals surface area (Å²) >= 11 is 0. The Morgan fingerprint density at radius 1 is 1.42 bits per heavy atom. The lowest BCUT2D eigenvalue weighted by atomic mass is 10.1. The largest absolute Gasteiger partial charge is 0.340 e. The molecular formula is C18H26ClN3O2. The van der Waals surface area contributed by atoms with Crippen LogP contribution in [0.15, 0.2) is 43.0 Å². The fourth-order valence-corrected chi connectivity index (χ4v) is 2.71. The zero-order valence-electron chi connectivity index (χ0n) is 14.1. The lowest BCUT2D eigenvalue weighted by Crippen LogP contribution is -2.56. The second kappa shape index (κ2) is 10.1. The highest BCUT2D eigenvalue weighted by molar-refractivity contribution is 5.97. The van der Waals surface area contributed by atoms with Crippen LogP contribution in [0.3, 0.4) is 0 Å². The Morgan fingerprint density at radius 3 is 2.79 bits per heavy atom. The highest BCUT2D eigenvalue weighted by Gasteiger charge is 2.30. The number of halogens is 1. The van der Waals surface area contributed by atoms with Crippen molar-refractivity contribution in [3.05, 3.63) is 43.0 Å². The number of anilines is 1. The van der Waals surface area contributed by atoms with Crippen LogP contribution in [0.1, 0.15) is 19.3 Å². The molecule has 24 heavy (non-hydrogen) atoms. The van der Waals surface area contributed by atoms with Gasteiger partial charge in [0.05, 0.1) is 12.5 Å². The van der Waals surface area contributed by atoms with Crippen molar-refractivity contribution in [3.8, 4) is 0 Å². The molecule has 1 heterocycles. The van der Waals surface area contributed by atoms with E-state index in [1.165, 1.54) is 0 Å². The molecule has 1 aromatic carbocycles. The van der Waals surface area contributed by atoms with E-state index in [4.69, 9.17) is 0 Å². The summed E-state index contributed by atoms with van der Waals surface area (Å²) in [5.74, 6) is -0.0369. The zero-order chi connectivity index (χ0) is 16.7. The van der Waals surface area contributed by atoms with Crippen LogP contribution in [0.2, 0.25) is 0 Å². The lowest BCUT2D eigenvalue weighted by molar-refractivity contribution is -0.137. The number of nitrogens with one attached hydrogen (secondary N) is 1. The average Bonchev–Trinajstić information content (AvgIpc) is 2.58. The first-order chi connectivity index (χ1) is 11.1. The Bertz CT molecular complexity index is 550. The Hall–Kier alpha value is -1.85. The van der Waals surface area contributed by atoms with Gasteiger partial charge in [-0.25, -0.2) is 0 Å². The molecule has 0 spiro atoms. The molecule has 0 aliphatic carbocycles. The van der Waals surface area contributed by atoms with Crippen molar-refractivity contribution in [1.29, 1.82) is 0 Å². The van der Waals surface area contributed by atoms with Gasteiger partial charge in [0, 0.05) is 32.4 Å². The van der Waals surface area contributed by atoms with Gasteiger partial charge in [0.1, 0.15) is 0 Å². The molecule has 1 aromatic rings. The molecule has 1 atom stereocenters. The number of allylic oxidation sites excluding steroid dienone is 1. The van der Waals surface area contributed by atoms with E-state index in [0.29, 0.717) is 6.54 Å². The molecule has 2 rings (SSSR count). The number of piperazine rings is 1. The first-order valence-electron chi connectivity index (χ1n) is 8.08. The molecule has 0 saturated carbocycles. The minimum Gasteiger partial charge on any atom is -0.340 e. The third-order valence-electron chi connectivity index (χ3n) is 4.11. The summed E-state index contributed by atoms with van der Waals surface area (Å²) in [6.07, 6.45) is 3.86. The maximum Gasteiger partial charge on any atom is 0.240 e. The molecule has 1 unspecified atom stereocenters. The van der Waals surface area contributed by atoms with Crippen LogP contribution in [0, 0.1) is 0 Å². The number of rotatable bonds is 7. The van der Waals surface area contributed by atoms with Crippen LogP contribution in [-0.2, 0) is 9.59 Å². The number of carbonyl (C=O) groups excluding carboxylic acids is 2. The van der Waals surface area contributed by atoms with E-state index in [1.807, 2.05) is 41.3 Å². The number of amides is 2. The smallest absolute Gasteiger partial charge is 0.240 e. The van der Waals surface area contributed by atoms with E-state index < -0.39 is 6.04 Å². The predicted octanol–water partition coefficient (Wildman–Crippen LogP) is 2.23. The van der Waals surface area contributed by atoms with Gasteiger partial charge in [-0.05, 0) is 25.0 Å². The monoisotopic (exact) mass is 351 g/mol. The molecule has 0 radical (unpaired) electrons. The molecule has 1 saturated heterocycles. The van der Waals surface area contributed by atoms with E-state index in [1.54, 1.807) is 11.9 Å². The second-order valence-corrected chi connectivity index (χ2v) is 5.76. The number of para-hydroxylation sites is 1. The highest BCUT2D eigenvalue weighted by Crippen LogP contribution is 2.14. The summed E-state index contributed by atoms with van der Waals surface area (Å²) in [6, 6.07) is 9.04. The van der Waals surface area contributed by atoms with Crippen molar-refractivity contribution >= 4 is 29.9 Å². The Kier molecular flexibility index (Phi) is 8.50. The van der Waals surface area contributed by atoms with Gasteiger partial charge < -0.3 is 15.1 Å². The first-order valence-corrected chi connectivity index (χ1v) is 8.08. The fraction of sp³-hybridized carbons (Fsp3) is 0.444. The third-order valence-corrected chi connectivity index (χ3v) is 4.11. The molecule has 132 valence electrons. The van der Waals surface area contributed by atoms with Crippen molar-refractivity contribution in [2.24, 2.45) is 0 Å². The van der Waals surface area contributed by atoms with Crippen LogP contribution < -0.4 is 10.2 Å². The summed E-state index contributed by atoms with van der Waals surface area (Å²) < 4.78 is 0. The lowest BCUT2D eigenvalue weighted by Gasteiger charge is -2.33. The van der Waals surface area contributed by atoms with Crippen LogP contribution in [-0.4, -0.2) is 49.4 Å². The maximum absolute atomic E-state index is 12.5. The second-order valence-electron chi connectivity index (χ2n) is 5.76. The fourth-order valence-electron chi connectivity index (χ4n) is 2.71. The topological polar surface area (TPSA) is 52.7 Å². The minimum atomic E-state index is -0.425. The van der Waals surface area contributed by atoms with Gasteiger partial charge in [0.15, 0.2) is 0 Å². The maximum atomic E-state index is 12.5. The number of hydrogen-bond acceptors (Lipinski definition) is 3. The quantitative estimate of drug-likeness (QED) is 0.605. The Labute approximate surface area is 150 Å². The summed E-state index contributed by atoms with van der Waals surface area (Å²) in [5, 5.41) is 3.17. The normalized spacial score (nSPS) is 17.1. The van der Waals surface area contributed by atoms with E-state index in [2.05, 4.69) is 11.9 Å². The Morgan fingerprint density at radius 2 is 2.12 bits per heavy atom. The van der Waals surface area contributed by atoms with E-state index in [-0.39, 0.29) is 30.6 Å². The summed E-state index contributed by atoms with van der Waals surface area (Å²) in [6.45, 7) is 5.86.